The van der Waals surface area contributed by atoms with Crippen molar-refractivity contribution in [2.75, 3.05) is 30.9 Å². The van der Waals surface area contributed by atoms with Crippen LogP contribution in [0.3, 0.4) is 0 Å². The highest BCUT2D eigenvalue weighted by molar-refractivity contribution is 5.37. The summed E-state index contributed by atoms with van der Waals surface area (Å²) in [6, 6.07) is 0.415. The third-order valence-corrected chi connectivity index (χ3v) is 4.65. The third kappa shape index (κ3) is 3.16. The van der Waals surface area contributed by atoms with Crippen LogP contribution in [0.1, 0.15) is 51.3 Å². The Morgan fingerprint density at radius 2 is 1.95 bits per heavy atom. The molecule has 3 atom stereocenters. The Labute approximate surface area is 132 Å². The van der Waals surface area contributed by atoms with Crippen LogP contribution in [0.15, 0.2) is 0 Å². The fourth-order valence-corrected chi connectivity index (χ4v) is 3.42. The van der Waals surface area contributed by atoms with E-state index in [-0.39, 0.29) is 5.92 Å². The van der Waals surface area contributed by atoms with E-state index in [1.165, 1.54) is 19.3 Å². The molecule has 22 heavy (non-hydrogen) atoms. The zero-order valence-electron chi connectivity index (χ0n) is 14.0. The molecule has 1 saturated carbocycles. The summed E-state index contributed by atoms with van der Waals surface area (Å²) < 4.78 is 5.85. The topological polar surface area (TPSA) is 63.2 Å². The van der Waals surface area contributed by atoms with Crippen LogP contribution in [0.2, 0.25) is 0 Å². The van der Waals surface area contributed by atoms with E-state index < -0.39 is 0 Å². The molecule has 3 rings (SSSR count). The third-order valence-electron chi connectivity index (χ3n) is 4.65. The van der Waals surface area contributed by atoms with Crippen molar-refractivity contribution in [1.29, 1.82) is 0 Å². The number of hydrogen-bond acceptors (Lipinski definition) is 6. The van der Waals surface area contributed by atoms with Gasteiger partial charge < -0.3 is 15.0 Å². The maximum Gasteiger partial charge on any atom is 0.229 e. The highest BCUT2D eigenvalue weighted by Crippen LogP contribution is 2.35. The van der Waals surface area contributed by atoms with Crippen LogP contribution in [0, 0.1) is 5.92 Å². The zero-order chi connectivity index (χ0) is 15.7. The highest BCUT2D eigenvalue weighted by Gasteiger charge is 2.38. The minimum Gasteiger partial charge on any atom is -0.378 e. The Morgan fingerprint density at radius 3 is 2.68 bits per heavy atom. The van der Waals surface area contributed by atoms with Crippen LogP contribution < -0.4 is 10.2 Å². The van der Waals surface area contributed by atoms with Gasteiger partial charge >= 0.3 is 0 Å². The zero-order valence-corrected chi connectivity index (χ0v) is 14.0. The monoisotopic (exact) mass is 305 g/mol. The Balaban J connectivity index is 1.81. The van der Waals surface area contributed by atoms with E-state index in [0.717, 1.165) is 24.8 Å². The molecular formula is C16H27N5O. The lowest BCUT2D eigenvalue weighted by atomic mass is 9.82. The molecular weight excluding hydrogens is 278 g/mol. The van der Waals surface area contributed by atoms with Crippen molar-refractivity contribution in [3.63, 3.8) is 0 Å². The Kier molecular flexibility index (Phi) is 4.47. The molecule has 122 valence electrons. The minimum atomic E-state index is 0.288. The molecule has 2 aliphatic rings. The van der Waals surface area contributed by atoms with Gasteiger partial charge in [-0.25, -0.2) is 0 Å². The van der Waals surface area contributed by atoms with Gasteiger partial charge in [0.15, 0.2) is 0 Å². The average molecular weight is 305 g/mol. The average Bonchev–Trinajstić information content (AvgIpc) is 2.96. The molecule has 1 N–H and O–H groups in total. The second kappa shape index (κ2) is 6.36. The SMILES string of the molecule is CC(C)c1nc(NC2CCCC3OCCC23)nc(N(C)C)n1. The maximum atomic E-state index is 5.85. The molecule has 1 aliphatic carbocycles. The summed E-state index contributed by atoms with van der Waals surface area (Å²) in [4.78, 5) is 15.7. The van der Waals surface area contributed by atoms with Crippen molar-refractivity contribution in [3.05, 3.63) is 5.82 Å². The molecule has 3 unspecified atom stereocenters. The van der Waals surface area contributed by atoms with Crippen LogP contribution in [-0.4, -0.2) is 47.8 Å². The largest absolute Gasteiger partial charge is 0.378 e. The number of hydrogen-bond donors (Lipinski definition) is 1. The molecule has 1 saturated heterocycles. The van der Waals surface area contributed by atoms with Crippen LogP contribution in [0.25, 0.3) is 0 Å². The Hall–Kier alpha value is -1.43. The first-order valence-electron chi connectivity index (χ1n) is 8.36. The molecule has 1 aliphatic heterocycles. The van der Waals surface area contributed by atoms with Crippen LogP contribution in [0.5, 0.6) is 0 Å². The second-order valence-electron chi connectivity index (χ2n) is 6.91. The summed E-state index contributed by atoms with van der Waals surface area (Å²) in [6.07, 6.45) is 5.14. The quantitative estimate of drug-likeness (QED) is 0.922. The Bertz CT molecular complexity index is 493. The van der Waals surface area contributed by atoms with Crippen molar-refractivity contribution < 1.29 is 4.74 Å². The predicted molar refractivity (Wildman–Crippen MR) is 87.4 cm³/mol. The van der Waals surface area contributed by atoms with E-state index >= 15 is 0 Å². The van der Waals surface area contributed by atoms with Crippen molar-refractivity contribution in [3.8, 4) is 0 Å². The summed E-state index contributed by atoms with van der Waals surface area (Å²) in [6.45, 7) is 5.12. The molecule has 6 nitrogen and oxygen atoms in total. The van der Waals surface area contributed by atoms with E-state index in [4.69, 9.17) is 4.74 Å². The number of nitrogens with zero attached hydrogens (tertiary/aromatic N) is 4. The number of ether oxygens (including phenoxy) is 1. The van der Waals surface area contributed by atoms with Crippen molar-refractivity contribution >= 4 is 11.9 Å². The lowest BCUT2D eigenvalue weighted by molar-refractivity contribution is 0.0619. The molecule has 0 aromatic carbocycles. The first-order valence-corrected chi connectivity index (χ1v) is 8.36. The van der Waals surface area contributed by atoms with E-state index in [9.17, 15) is 0 Å². The standard InChI is InChI=1S/C16H27N5O/c1-10(2)14-18-15(20-16(19-14)21(3)4)17-12-6-5-7-13-11(12)8-9-22-13/h10-13H,5-9H2,1-4H3,(H,17,18,19,20). The molecule has 1 aromatic heterocycles. The second-order valence-corrected chi connectivity index (χ2v) is 6.91. The van der Waals surface area contributed by atoms with Gasteiger partial charge in [-0.1, -0.05) is 13.8 Å². The van der Waals surface area contributed by atoms with Gasteiger partial charge in [-0.05, 0) is 25.7 Å². The van der Waals surface area contributed by atoms with Gasteiger partial charge in [0, 0.05) is 38.6 Å². The number of nitrogens with one attached hydrogen (secondary N) is 1. The van der Waals surface area contributed by atoms with Gasteiger partial charge in [-0.15, -0.1) is 0 Å². The van der Waals surface area contributed by atoms with Crippen molar-refractivity contribution in [2.24, 2.45) is 5.92 Å². The first kappa shape index (κ1) is 15.5. The first-order chi connectivity index (χ1) is 10.5. The predicted octanol–water partition coefficient (Wildman–Crippen LogP) is 2.43. The molecule has 6 heteroatoms. The molecule has 0 amide bonds. The summed E-state index contributed by atoms with van der Waals surface area (Å²) >= 11 is 0. The van der Waals surface area contributed by atoms with Gasteiger partial charge in [0.2, 0.25) is 11.9 Å². The number of rotatable bonds is 4. The number of fused-ring (bicyclic) bond motifs is 1. The van der Waals surface area contributed by atoms with Gasteiger partial charge in [0.25, 0.3) is 0 Å². The van der Waals surface area contributed by atoms with Gasteiger partial charge in [0.05, 0.1) is 6.10 Å². The fraction of sp³-hybridized carbons (Fsp3) is 0.812. The minimum absolute atomic E-state index is 0.288. The molecule has 0 spiro atoms. The van der Waals surface area contributed by atoms with Crippen LogP contribution >= 0.6 is 0 Å². The summed E-state index contributed by atoms with van der Waals surface area (Å²) in [5, 5.41) is 3.57. The maximum absolute atomic E-state index is 5.85. The molecule has 1 aromatic rings. The number of anilines is 2. The summed E-state index contributed by atoms with van der Waals surface area (Å²) in [5.74, 6) is 3.15. The van der Waals surface area contributed by atoms with Crippen molar-refractivity contribution in [2.45, 2.75) is 57.6 Å². The van der Waals surface area contributed by atoms with Gasteiger partial charge in [0.1, 0.15) is 5.82 Å². The van der Waals surface area contributed by atoms with Crippen LogP contribution in [0.4, 0.5) is 11.9 Å². The summed E-state index contributed by atoms with van der Waals surface area (Å²) in [7, 11) is 3.93. The van der Waals surface area contributed by atoms with Gasteiger partial charge in [-0.2, -0.15) is 15.0 Å². The molecule has 2 heterocycles. The smallest absolute Gasteiger partial charge is 0.229 e. The summed E-state index contributed by atoms with van der Waals surface area (Å²) in [5.41, 5.74) is 0. The molecule has 0 bridgehead atoms. The van der Waals surface area contributed by atoms with Crippen molar-refractivity contribution in [1.82, 2.24) is 15.0 Å². The normalized spacial score (nSPS) is 27.8. The van der Waals surface area contributed by atoms with E-state index in [2.05, 4.69) is 34.1 Å². The lowest BCUT2D eigenvalue weighted by Gasteiger charge is -2.33. The van der Waals surface area contributed by atoms with Gasteiger partial charge in [-0.3, -0.25) is 0 Å². The highest BCUT2D eigenvalue weighted by atomic mass is 16.5. The van der Waals surface area contributed by atoms with E-state index in [0.29, 0.717) is 24.0 Å². The lowest BCUT2D eigenvalue weighted by Crippen LogP contribution is -2.38. The molecule has 2 fully saturated rings. The fourth-order valence-electron chi connectivity index (χ4n) is 3.42. The van der Waals surface area contributed by atoms with Crippen LogP contribution in [-0.2, 0) is 4.74 Å². The van der Waals surface area contributed by atoms with E-state index in [1.807, 2.05) is 19.0 Å². The van der Waals surface area contributed by atoms with E-state index in [1.54, 1.807) is 0 Å². The Morgan fingerprint density at radius 1 is 1.14 bits per heavy atom. The number of aromatic nitrogens is 3. The molecule has 0 radical (unpaired) electrons.